The highest BCUT2D eigenvalue weighted by atomic mass is 16.1. The molecule has 1 aliphatic heterocycles. The van der Waals surface area contributed by atoms with E-state index in [1.807, 2.05) is 12.1 Å². The van der Waals surface area contributed by atoms with Crippen LogP contribution in [0.1, 0.15) is 30.1 Å². The fourth-order valence-corrected chi connectivity index (χ4v) is 2.61. The van der Waals surface area contributed by atoms with Crippen LogP contribution in [0.25, 0.3) is 0 Å². The molecule has 1 fully saturated rings. The van der Waals surface area contributed by atoms with Crippen molar-refractivity contribution >= 4 is 12.1 Å². The Morgan fingerprint density at radius 1 is 1.50 bits per heavy atom. The number of carbonyl (C=O) groups is 1. The zero-order chi connectivity index (χ0) is 13.0. The van der Waals surface area contributed by atoms with Crippen LogP contribution in [0.2, 0.25) is 0 Å². The van der Waals surface area contributed by atoms with Crippen LogP contribution >= 0.6 is 0 Å². The smallest absolute Gasteiger partial charge is 0.153 e. The average molecular weight is 247 g/mol. The standard InChI is InChI=1S/C14H21N3O/c1-3-13-10-16(2)8-5-9-17(13)14-12(11-18)6-4-7-15-14/h4,6-7,11,13H,3,5,8-10H2,1-2H3. The van der Waals surface area contributed by atoms with E-state index in [1.54, 1.807) is 6.20 Å². The van der Waals surface area contributed by atoms with E-state index in [0.29, 0.717) is 11.6 Å². The summed E-state index contributed by atoms with van der Waals surface area (Å²) in [5.74, 6) is 0.842. The number of anilines is 1. The SMILES string of the molecule is CCC1CN(C)CCCN1c1ncccc1C=O. The van der Waals surface area contributed by atoms with Gasteiger partial charge in [-0.3, -0.25) is 4.79 Å². The predicted molar refractivity (Wildman–Crippen MR) is 73.2 cm³/mol. The molecule has 2 rings (SSSR count). The van der Waals surface area contributed by atoms with Crippen LogP contribution in [0.15, 0.2) is 18.3 Å². The molecule has 0 aromatic carbocycles. The summed E-state index contributed by atoms with van der Waals surface area (Å²) in [7, 11) is 2.16. The molecule has 0 spiro atoms. The molecule has 1 atom stereocenters. The van der Waals surface area contributed by atoms with E-state index in [-0.39, 0.29) is 0 Å². The molecule has 1 unspecified atom stereocenters. The monoisotopic (exact) mass is 247 g/mol. The summed E-state index contributed by atoms with van der Waals surface area (Å²) in [5, 5.41) is 0. The van der Waals surface area contributed by atoms with Crippen molar-refractivity contribution in [3.05, 3.63) is 23.9 Å². The van der Waals surface area contributed by atoms with Crippen LogP contribution in [0.3, 0.4) is 0 Å². The van der Waals surface area contributed by atoms with Crippen molar-refractivity contribution in [2.24, 2.45) is 0 Å². The number of hydrogen-bond acceptors (Lipinski definition) is 4. The van der Waals surface area contributed by atoms with Crippen molar-refractivity contribution in [1.82, 2.24) is 9.88 Å². The third-order valence-corrected chi connectivity index (χ3v) is 3.59. The maximum atomic E-state index is 11.1. The van der Waals surface area contributed by atoms with E-state index in [1.165, 1.54) is 0 Å². The summed E-state index contributed by atoms with van der Waals surface area (Å²) in [6.07, 6.45) is 4.86. The Morgan fingerprint density at radius 2 is 2.33 bits per heavy atom. The summed E-state index contributed by atoms with van der Waals surface area (Å²) in [6, 6.07) is 4.10. The van der Waals surface area contributed by atoms with E-state index in [9.17, 15) is 4.79 Å². The number of aromatic nitrogens is 1. The molecule has 1 aliphatic rings. The molecule has 18 heavy (non-hydrogen) atoms. The molecule has 0 aliphatic carbocycles. The second kappa shape index (κ2) is 5.96. The molecule has 1 aromatic rings. The molecule has 1 aromatic heterocycles. The Bertz CT molecular complexity index is 408. The van der Waals surface area contributed by atoms with Crippen molar-refractivity contribution in [2.75, 3.05) is 31.6 Å². The molecule has 0 saturated carbocycles. The number of nitrogens with zero attached hydrogens (tertiary/aromatic N) is 3. The van der Waals surface area contributed by atoms with E-state index in [0.717, 1.165) is 44.6 Å². The second-order valence-corrected chi connectivity index (χ2v) is 4.91. The number of aldehydes is 1. The van der Waals surface area contributed by atoms with Gasteiger partial charge in [0, 0.05) is 25.3 Å². The molecular weight excluding hydrogens is 226 g/mol. The zero-order valence-electron chi connectivity index (χ0n) is 11.2. The van der Waals surface area contributed by atoms with Gasteiger partial charge in [-0.25, -0.2) is 4.98 Å². The Morgan fingerprint density at radius 3 is 3.06 bits per heavy atom. The summed E-state index contributed by atoms with van der Waals surface area (Å²) >= 11 is 0. The minimum Gasteiger partial charge on any atom is -0.352 e. The molecule has 98 valence electrons. The van der Waals surface area contributed by atoms with E-state index < -0.39 is 0 Å². The molecule has 0 bridgehead atoms. The molecule has 0 amide bonds. The highest BCUT2D eigenvalue weighted by Crippen LogP contribution is 2.22. The maximum Gasteiger partial charge on any atom is 0.153 e. The maximum absolute atomic E-state index is 11.1. The van der Waals surface area contributed by atoms with Crippen LogP contribution in [0.5, 0.6) is 0 Å². The van der Waals surface area contributed by atoms with Crippen molar-refractivity contribution in [3.8, 4) is 0 Å². The Balaban J connectivity index is 2.31. The Labute approximate surface area is 109 Å². The van der Waals surface area contributed by atoms with E-state index in [4.69, 9.17) is 0 Å². The summed E-state index contributed by atoms with van der Waals surface area (Å²) < 4.78 is 0. The summed E-state index contributed by atoms with van der Waals surface area (Å²) in [4.78, 5) is 20.2. The first-order valence-corrected chi connectivity index (χ1v) is 6.61. The number of carbonyl (C=O) groups excluding carboxylic acids is 1. The van der Waals surface area contributed by atoms with Crippen LogP contribution in [-0.2, 0) is 0 Å². The number of rotatable bonds is 3. The van der Waals surface area contributed by atoms with Gasteiger partial charge < -0.3 is 9.80 Å². The van der Waals surface area contributed by atoms with Crippen molar-refractivity contribution in [3.63, 3.8) is 0 Å². The lowest BCUT2D eigenvalue weighted by molar-refractivity contribution is 0.112. The molecule has 4 heteroatoms. The lowest BCUT2D eigenvalue weighted by Crippen LogP contribution is -2.40. The molecule has 4 nitrogen and oxygen atoms in total. The van der Waals surface area contributed by atoms with Gasteiger partial charge in [0.1, 0.15) is 5.82 Å². The quantitative estimate of drug-likeness (QED) is 0.763. The van der Waals surface area contributed by atoms with Crippen molar-refractivity contribution in [2.45, 2.75) is 25.8 Å². The lowest BCUT2D eigenvalue weighted by Gasteiger charge is -2.31. The highest BCUT2D eigenvalue weighted by Gasteiger charge is 2.24. The third kappa shape index (κ3) is 2.70. The molecule has 1 saturated heterocycles. The third-order valence-electron chi connectivity index (χ3n) is 3.59. The summed E-state index contributed by atoms with van der Waals surface area (Å²) in [6.45, 7) is 5.31. The van der Waals surface area contributed by atoms with Gasteiger partial charge in [0.2, 0.25) is 0 Å². The predicted octanol–water partition coefficient (Wildman–Crippen LogP) is 1.81. The van der Waals surface area contributed by atoms with E-state index in [2.05, 4.69) is 28.8 Å². The van der Waals surface area contributed by atoms with E-state index >= 15 is 0 Å². The van der Waals surface area contributed by atoms with Gasteiger partial charge in [0.15, 0.2) is 6.29 Å². The molecular formula is C14H21N3O. The van der Waals surface area contributed by atoms with Gasteiger partial charge in [-0.1, -0.05) is 6.92 Å². The van der Waals surface area contributed by atoms with Gasteiger partial charge in [-0.2, -0.15) is 0 Å². The van der Waals surface area contributed by atoms with Gasteiger partial charge in [-0.05, 0) is 38.6 Å². The lowest BCUT2D eigenvalue weighted by atomic mass is 10.1. The number of hydrogen-bond donors (Lipinski definition) is 0. The highest BCUT2D eigenvalue weighted by molar-refractivity contribution is 5.82. The van der Waals surface area contributed by atoms with Crippen molar-refractivity contribution < 1.29 is 4.79 Å². The van der Waals surface area contributed by atoms with Crippen LogP contribution < -0.4 is 4.90 Å². The minimum absolute atomic E-state index is 0.436. The first-order valence-electron chi connectivity index (χ1n) is 6.61. The molecule has 0 N–H and O–H groups in total. The number of pyridine rings is 1. The Hall–Kier alpha value is -1.42. The normalized spacial score (nSPS) is 21.7. The zero-order valence-corrected chi connectivity index (χ0v) is 11.2. The second-order valence-electron chi connectivity index (χ2n) is 4.91. The summed E-state index contributed by atoms with van der Waals surface area (Å²) in [5.41, 5.74) is 0.695. The molecule has 0 radical (unpaired) electrons. The molecule has 2 heterocycles. The van der Waals surface area contributed by atoms with Gasteiger partial charge in [0.25, 0.3) is 0 Å². The number of likely N-dealkylation sites (N-methyl/N-ethyl adjacent to an activating group) is 1. The van der Waals surface area contributed by atoms with Crippen LogP contribution in [0, 0.1) is 0 Å². The van der Waals surface area contributed by atoms with Gasteiger partial charge in [0.05, 0.1) is 5.56 Å². The van der Waals surface area contributed by atoms with Crippen LogP contribution in [-0.4, -0.2) is 48.9 Å². The first-order chi connectivity index (χ1) is 8.76. The van der Waals surface area contributed by atoms with Crippen LogP contribution in [0.4, 0.5) is 5.82 Å². The van der Waals surface area contributed by atoms with Gasteiger partial charge >= 0.3 is 0 Å². The fraction of sp³-hybridized carbons (Fsp3) is 0.571. The fourth-order valence-electron chi connectivity index (χ4n) is 2.61. The average Bonchev–Trinajstić information content (AvgIpc) is 2.60. The first kappa shape index (κ1) is 13.0. The Kier molecular flexibility index (Phi) is 4.31. The largest absolute Gasteiger partial charge is 0.352 e. The van der Waals surface area contributed by atoms with Gasteiger partial charge in [-0.15, -0.1) is 0 Å². The topological polar surface area (TPSA) is 36.4 Å². The van der Waals surface area contributed by atoms with Crippen molar-refractivity contribution in [1.29, 1.82) is 0 Å². The minimum atomic E-state index is 0.436.